The van der Waals surface area contributed by atoms with Crippen molar-refractivity contribution in [1.82, 2.24) is 10.2 Å². The van der Waals surface area contributed by atoms with Crippen molar-refractivity contribution in [3.8, 4) is 0 Å². The van der Waals surface area contributed by atoms with E-state index in [1.54, 1.807) is 0 Å². The third-order valence-electron chi connectivity index (χ3n) is 3.05. The van der Waals surface area contributed by atoms with Gasteiger partial charge in [0.1, 0.15) is 0 Å². The fraction of sp³-hybridized carbons (Fsp3) is 0.818. The summed E-state index contributed by atoms with van der Waals surface area (Å²) < 4.78 is 0. The number of urea groups is 1. The lowest BCUT2D eigenvalue weighted by Crippen LogP contribution is -2.47. The minimum Gasteiger partial charge on any atom is -0.481 e. The summed E-state index contributed by atoms with van der Waals surface area (Å²) in [6.45, 7) is 3.76. The van der Waals surface area contributed by atoms with Crippen molar-refractivity contribution in [2.24, 2.45) is 5.92 Å². The van der Waals surface area contributed by atoms with Crippen molar-refractivity contribution >= 4 is 12.0 Å². The minimum absolute atomic E-state index is 0.0116. The number of hydrogen-bond acceptors (Lipinski definition) is 4. The van der Waals surface area contributed by atoms with Crippen molar-refractivity contribution in [2.45, 2.75) is 38.5 Å². The maximum Gasteiger partial charge on any atom is 0.317 e. The van der Waals surface area contributed by atoms with E-state index in [1.807, 2.05) is 13.8 Å². The molecule has 0 bridgehead atoms. The molecule has 0 aromatic rings. The highest BCUT2D eigenvalue weighted by molar-refractivity contribution is 5.76. The number of β-amino-alcohol motifs (C(OH)–C–C–N with tert-alkyl or cyclic N) is 2. The Bertz CT molecular complexity index is 311. The van der Waals surface area contributed by atoms with Gasteiger partial charge in [0.2, 0.25) is 0 Å². The molecule has 1 heterocycles. The Hall–Kier alpha value is -1.34. The average molecular weight is 260 g/mol. The fourth-order valence-corrected chi connectivity index (χ4v) is 1.83. The largest absolute Gasteiger partial charge is 0.481 e. The summed E-state index contributed by atoms with van der Waals surface area (Å²) in [5.74, 6) is -0.988. The molecular formula is C11H20N2O5. The number of nitrogens with zero attached hydrogens (tertiary/aromatic N) is 1. The van der Waals surface area contributed by atoms with Gasteiger partial charge in [-0.2, -0.15) is 0 Å². The zero-order chi connectivity index (χ0) is 13.9. The van der Waals surface area contributed by atoms with Crippen LogP contribution >= 0.6 is 0 Å². The first kappa shape index (κ1) is 14.7. The topological polar surface area (TPSA) is 110 Å². The van der Waals surface area contributed by atoms with Crippen LogP contribution < -0.4 is 5.32 Å². The lowest BCUT2D eigenvalue weighted by Gasteiger charge is -2.24. The number of amides is 2. The number of carboxylic acids is 1. The lowest BCUT2D eigenvalue weighted by atomic mass is 10.0. The number of hydrogen-bond donors (Lipinski definition) is 4. The molecule has 1 saturated heterocycles. The molecule has 1 aliphatic heterocycles. The highest BCUT2D eigenvalue weighted by atomic mass is 16.4. The molecular weight excluding hydrogens is 240 g/mol. The number of aliphatic carboxylic acids is 1. The number of rotatable bonds is 4. The molecule has 0 spiro atoms. The predicted octanol–water partition coefficient (Wildman–Crippen LogP) is -0.767. The molecule has 18 heavy (non-hydrogen) atoms. The summed E-state index contributed by atoms with van der Waals surface area (Å²) in [5.41, 5.74) is 0. The number of aliphatic hydroxyl groups excluding tert-OH is 2. The molecule has 0 aliphatic carbocycles. The fourth-order valence-electron chi connectivity index (χ4n) is 1.83. The van der Waals surface area contributed by atoms with E-state index in [9.17, 15) is 19.8 Å². The standard InChI is InChI=1S/C11H20N2O5/c1-6(2)7(3-10(16)17)12-11(18)13-4-8(14)9(15)5-13/h6-9,14-15H,3-5H2,1-2H3,(H,12,18)(H,16,17). The van der Waals surface area contributed by atoms with E-state index in [2.05, 4.69) is 5.32 Å². The second kappa shape index (κ2) is 6.01. The SMILES string of the molecule is CC(C)C(CC(=O)O)NC(=O)N1CC(O)C(O)C1. The highest BCUT2D eigenvalue weighted by Crippen LogP contribution is 2.12. The van der Waals surface area contributed by atoms with Gasteiger partial charge in [-0.1, -0.05) is 13.8 Å². The lowest BCUT2D eigenvalue weighted by molar-refractivity contribution is -0.137. The van der Waals surface area contributed by atoms with Gasteiger partial charge >= 0.3 is 12.0 Å². The summed E-state index contributed by atoms with van der Waals surface area (Å²) in [5, 5.41) is 30.0. The van der Waals surface area contributed by atoms with E-state index in [0.717, 1.165) is 0 Å². The van der Waals surface area contributed by atoms with Crippen LogP contribution in [0.4, 0.5) is 4.79 Å². The Morgan fingerprint density at radius 3 is 2.17 bits per heavy atom. The Labute approximate surface area is 105 Å². The second-order valence-corrected chi connectivity index (χ2v) is 4.94. The van der Waals surface area contributed by atoms with Crippen molar-refractivity contribution < 1.29 is 24.9 Å². The van der Waals surface area contributed by atoms with Gasteiger partial charge in [0.05, 0.1) is 31.7 Å². The third kappa shape index (κ3) is 3.85. The molecule has 3 unspecified atom stereocenters. The van der Waals surface area contributed by atoms with Crippen LogP contribution in [-0.2, 0) is 4.79 Å². The molecule has 0 aromatic heterocycles. The van der Waals surface area contributed by atoms with Gasteiger partial charge in [-0.15, -0.1) is 0 Å². The van der Waals surface area contributed by atoms with Crippen molar-refractivity contribution in [3.63, 3.8) is 0 Å². The van der Waals surface area contributed by atoms with Gasteiger partial charge in [0.15, 0.2) is 0 Å². The van der Waals surface area contributed by atoms with E-state index < -0.39 is 30.3 Å². The quantitative estimate of drug-likeness (QED) is 0.530. The molecule has 0 radical (unpaired) electrons. The number of carbonyl (C=O) groups excluding carboxylic acids is 1. The summed E-state index contributed by atoms with van der Waals surface area (Å²) in [4.78, 5) is 23.8. The maximum absolute atomic E-state index is 11.8. The molecule has 0 saturated carbocycles. The first-order chi connectivity index (χ1) is 8.31. The van der Waals surface area contributed by atoms with E-state index in [0.29, 0.717) is 0 Å². The van der Waals surface area contributed by atoms with Crippen LogP contribution in [0, 0.1) is 5.92 Å². The predicted molar refractivity (Wildman–Crippen MR) is 63.0 cm³/mol. The second-order valence-electron chi connectivity index (χ2n) is 4.94. The molecule has 0 aromatic carbocycles. The van der Waals surface area contributed by atoms with E-state index in [1.165, 1.54) is 4.90 Å². The van der Waals surface area contributed by atoms with Gasteiger partial charge in [-0.25, -0.2) is 4.79 Å². The molecule has 4 N–H and O–H groups in total. The molecule has 1 rings (SSSR count). The number of aliphatic hydroxyl groups is 2. The molecule has 1 aliphatic rings. The summed E-state index contributed by atoms with van der Waals surface area (Å²) in [6.07, 6.45) is -2.03. The van der Waals surface area contributed by atoms with Gasteiger partial charge < -0.3 is 25.5 Å². The monoisotopic (exact) mass is 260 g/mol. The van der Waals surface area contributed by atoms with Gasteiger partial charge in [-0.3, -0.25) is 4.79 Å². The molecule has 2 amide bonds. The van der Waals surface area contributed by atoms with Crippen LogP contribution in [0.2, 0.25) is 0 Å². The summed E-state index contributed by atoms with van der Waals surface area (Å²) >= 11 is 0. The molecule has 104 valence electrons. The van der Waals surface area contributed by atoms with Crippen LogP contribution in [0.25, 0.3) is 0 Å². The van der Waals surface area contributed by atoms with Gasteiger partial charge in [0, 0.05) is 6.04 Å². The van der Waals surface area contributed by atoms with E-state index >= 15 is 0 Å². The first-order valence-corrected chi connectivity index (χ1v) is 5.94. The van der Waals surface area contributed by atoms with Crippen molar-refractivity contribution in [1.29, 1.82) is 0 Å². The van der Waals surface area contributed by atoms with E-state index in [-0.39, 0.29) is 25.4 Å². The number of carboxylic acid groups (broad SMARTS) is 1. The highest BCUT2D eigenvalue weighted by Gasteiger charge is 2.33. The molecule has 7 heteroatoms. The Kier molecular flexibility index (Phi) is 4.92. The number of carbonyl (C=O) groups is 2. The van der Waals surface area contributed by atoms with Crippen LogP contribution in [0.3, 0.4) is 0 Å². The number of nitrogens with one attached hydrogen (secondary N) is 1. The zero-order valence-electron chi connectivity index (χ0n) is 10.5. The van der Waals surface area contributed by atoms with Gasteiger partial charge in [0.25, 0.3) is 0 Å². The average Bonchev–Trinajstić information content (AvgIpc) is 2.57. The Morgan fingerprint density at radius 2 is 1.78 bits per heavy atom. The number of likely N-dealkylation sites (tertiary alicyclic amines) is 1. The zero-order valence-corrected chi connectivity index (χ0v) is 10.5. The minimum atomic E-state index is -0.976. The third-order valence-corrected chi connectivity index (χ3v) is 3.05. The molecule has 3 atom stereocenters. The Balaban J connectivity index is 2.54. The smallest absolute Gasteiger partial charge is 0.317 e. The van der Waals surface area contributed by atoms with Crippen LogP contribution in [0.15, 0.2) is 0 Å². The first-order valence-electron chi connectivity index (χ1n) is 5.94. The maximum atomic E-state index is 11.8. The van der Waals surface area contributed by atoms with Crippen LogP contribution in [-0.4, -0.2) is 63.6 Å². The summed E-state index contributed by atoms with van der Waals surface area (Å²) in [6, 6.07) is -0.921. The molecule has 1 fully saturated rings. The van der Waals surface area contributed by atoms with Gasteiger partial charge in [-0.05, 0) is 5.92 Å². The molecule has 7 nitrogen and oxygen atoms in total. The van der Waals surface area contributed by atoms with Crippen molar-refractivity contribution in [2.75, 3.05) is 13.1 Å². The normalized spacial score (nSPS) is 25.3. The van der Waals surface area contributed by atoms with Crippen molar-refractivity contribution in [3.05, 3.63) is 0 Å². The Morgan fingerprint density at radius 1 is 1.28 bits per heavy atom. The van der Waals surface area contributed by atoms with E-state index in [4.69, 9.17) is 5.11 Å². The van der Waals surface area contributed by atoms with Crippen LogP contribution in [0.5, 0.6) is 0 Å². The van der Waals surface area contributed by atoms with Crippen LogP contribution in [0.1, 0.15) is 20.3 Å². The summed E-state index contributed by atoms with van der Waals surface area (Å²) in [7, 11) is 0.